The lowest BCUT2D eigenvalue weighted by molar-refractivity contribution is 0.292. The molecule has 1 aromatic rings. The smallest absolute Gasteiger partial charge is 0.0366 e. The van der Waals surface area contributed by atoms with Crippen molar-refractivity contribution in [3.63, 3.8) is 0 Å². The van der Waals surface area contributed by atoms with Crippen LogP contribution in [0, 0.1) is 11.8 Å². The number of nitrogens with one attached hydrogen (secondary N) is 1. The first-order chi connectivity index (χ1) is 8.83. The van der Waals surface area contributed by atoms with E-state index < -0.39 is 0 Å². The second kappa shape index (κ2) is 5.62. The fourth-order valence-electron chi connectivity index (χ4n) is 3.36. The molecule has 0 bridgehead atoms. The highest BCUT2D eigenvalue weighted by Gasteiger charge is 2.28. The standard InChI is InChI=1S/C15H21BrN2/c16-14-1-3-15(4-2-14)18-9-6-12(7-10-18)13-5-8-17-11-13/h1-4,12-13,17H,5-11H2. The normalized spacial score (nSPS) is 25.6. The van der Waals surface area contributed by atoms with Crippen molar-refractivity contribution in [3.8, 4) is 0 Å². The Hall–Kier alpha value is -0.540. The van der Waals surface area contributed by atoms with Gasteiger partial charge in [0.15, 0.2) is 0 Å². The van der Waals surface area contributed by atoms with Gasteiger partial charge in [-0.15, -0.1) is 0 Å². The first kappa shape index (κ1) is 12.5. The highest BCUT2D eigenvalue weighted by Crippen LogP contribution is 2.31. The zero-order valence-electron chi connectivity index (χ0n) is 10.7. The van der Waals surface area contributed by atoms with Gasteiger partial charge < -0.3 is 10.2 Å². The van der Waals surface area contributed by atoms with E-state index in [9.17, 15) is 0 Å². The Labute approximate surface area is 118 Å². The van der Waals surface area contributed by atoms with Crippen molar-refractivity contribution < 1.29 is 0 Å². The number of piperidine rings is 1. The Morgan fingerprint density at radius 1 is 1.00 bits per heavy atom. The van der Waals surface area contributed by atoms with E-state index in [0.29, 0.717) is 0 Å². The van der Waals surface area contributed by atoms with Crippen LogP contribution < -0.4 is 10.2 Å². The molecule has 1 aromatic carbocycles. The summed E-state index contributed by atoms with van der Waals surface area (Å²) in [6.45, 7) is 4.94. The molecule has 1 N–H and O–H groups in total. The highest BCUT2D eigenvalue weighted by atomic mass is 79.9. The van der Waals surface area contributed by atoms with E-state index in [1.54, 1.807) is 0 Å². The molecule has 0 amide bonds. The molecule has 1 atom stereocenters. The fourth-order valence-corrected chi connectivity index (χ4v) is 3.62. The van der Waals surface area contributed by atoms with Gasteiger partial charge in [-0.2, -0.15) is 0 Å². The van der Waals surface area contributed by atoms with Gasteiger partial charge in [-0.3, -0.25) is 0 Å². The van der Waals surface area contributed by atoms with Crippen LogP contribution >= 0.6 is 15.9 Å². The third-order valence-electron chi connectivity index (χ3n) is 4.50. The molecule has 2 nitrogen and oxygen atoms in total. The Morgan fingerprint density at radius 2 is 1.72 bits per heavy atom. The SMILES string of the molecule is Brc1ccc(N2CCC(C3CCNC3)CC2)cc1. The number of hydrogen-bond donors (Lipinski definition) is 1. The predicted octanol–water partition coefficient (Wildman–Crippen LogP) is 3.28. The molecule has 3 rings (SSSR count). The Bertz CT molecular complexity index is 376. The van der Waals surface area contributed by atoms with Gasteiger partial charge in [0.2, 0.25) is 0 Å². The molecular weight excluding hydrogens is 288 g/mol. The van der Waals surface area contributed by atoms with E-state index in [0.717, 1.165) is 16.3 Å². The van der Waals surface area contributed by atoms with Gasteiger partial charge in [0.05, 0.1) is 0 Å². The van der Waals surface area contributed by atoms with Crippen molar-refractivity contribution in [1.82, 2.24) is 5.32 Å². The average Bonchev–Trinajstić information content (AvgIpc) is 2.94. The maximum atomic E-state index is 3.50. The van der Waals surface area contributed by atoms with Gasteiger partial charge in [0.1, 0.15) is 0 Å². The Morgan fingerprint density at radius 3 is 2.33 bits per heavy atom. The minimum Gasteiger partial charge on any atom is -0.372 e. The summed E-state index contributed by atoms with van der Waals surface area (Å²) in [6.07, 6.45) is 4.12. The largest absolute Gasteiger partial charge is 0.372 e. The number of nitrogens with zero attached hydrogens (tertiary/aromatic N) is 1. The minimum absolute atomic E-state index is 0.942. The van der Waals surface area contributed by atoms with Crippen LogP contribution in [0.25, 0.3) is 0 Å². The molecule has 3 heteroatoms. The van der Waals surface area contributed by atoms with Crippen LogP contribution in [0.2, 0.25) is 0 Å². The van der Waals surface area contributed by atoms with Gasteiger partial charge >= 0.3 is 0 Å². The lowest BCUT2D eigenvalue weighted by Crippen LogP contribution is -2.36. The number of hydrogen-bond acceptors (Lipinski definition) is 2. The molecule has 2 aliphatic rings. The molecule has 18 heavy (non-hydrogen) atoms. The summed E-state index contributed by atoms with van der Waals surface area (Å²) in [5.41, 5.74) is 1.38. The maximum Gasteiger partial charge on any atom is 0.0366 e. The van der Waals surface area contributed by atoms with E-state index >= 15 is 0 Å². The van der Waals surface area contributed by atoms with Gasteiger partial charge in [0, 0.05) is 23.2 Å². The molecule has 0 aliphatic carbocycles. The van der Waals surface area contributed by atoms with Crippen LogP contribution in [-0.4, -0.2) is 26.2 Å². The van der Waals surface area contributed by atoms with Crippen molar-refractivity contribution in [1.29, 1.82) is 0 Å². The molecule has 2 aliphatic heterocycles. The number of halogens is 1. The van der Waals surface area contributed by atoms with Crippen molar-refractivity contribution in [3.05, 3.63) is 28.7 Å². The first-order valence-electron chi connectivity index (χ1n) is 7.04. The Kier molecular flexibility index (Phi) is 3.90. The second-order valence-corrected chi connectivity index (χ2v) is 6.47. The van der Waals surface area contributed by atoms with Gasteiger partial charge in [-0.1, -0.05) is 15.9 Å². The third-order valence-corrected chi connectivity index (χ3v) is 5.03. The highest BCUT2D eigenvalue weighted by molar-refractivity contribution is 9.10. The molecule has 98 valence electrons. The van der Waals surface area contributed by atoms with Gasteiger partial charge in [0.25, 0.3) is 0 Å². The molecular formula is C15H21BrN2. The summed E-state index contributed by atoms with van der Waals surface area (Å²) < 4.78 is 1.16. The predicted molar refractivity (Wildman–Crippen MR) is 80.1 cm³/mol. The summed E-state index contributed by atoms with van der Waals surface area (Å²) in [5, 5.41) is 3.50. The van der Waals surface area contributed by atoms with Crippen molar-refractivity contribution in [2.75, 3.05) is 31.1 Å². The minimum atomic E-state index is 0.942. The quantitative estimate of drug-likeness (QED) is 0.902. The molecule has 0 aromatic heterocycles. The second-order valence-electron chi connectivity index (χ2n) is 5.55. The number of rotatable bonds is 2. The summed E-state index contributed by atoms with van der Waals surface area (Å²) in [5.74, 6) is 1.89. The molecule has 0 spiro atoms. The number of benzene rings is 1. The average molecular weight is 309 g/mol. The van der Waals surface area contributed by atoms with Gasteiger partial charge in [-0.05, 0) is 68.5 Å². The summed E-state index contributed by atoms with van der Waals surface area (Å²) in [6, 6.07) is 8.73. The van der Waals surface area contributed by atoms with Crippen LogP contribution in [0.5, 0.6) is 0 Å². The van der Waals surface area contributed by atoms with Crippen LogP contribution in [0.4, 0.5) is 5.69 Å². The van der Waals surface area contributed by atoms with E-state index in [4.69, 9.17) is 0 Å². The molecule has 2 heterocycles. The monoisotopic (exact) mass is 308 g/mol. The summed E-state index contributed by atoms with van der Waals surface area (Å²) in [4.78, 5) is 2.53. The molecule has 2 fully saturated rings. The van der Waals surface area contributed by atoms with E-state index in [1.807, 2.05) is 0 Å². The number of anilines is 1. The van der Waals surface area contributed by atoms with E-state index in [1.165, 1.54) is 51.1 Å². The third kappa shape index (κ3) is 2.72. The van der Waals surface area contributed by atoms with Crippen molar-refractivity contribution in [2.24, 2.45) is 11.8 Å². The molecule has 2 saturated heterocycles. The zero-order valence-corrected chi connectivity index (χ0v) is 12.3. The van der Waals surface area contributed by atoms with Crippen LogP contribution in [-0.2, 0) is 0 Å². The summed E-state index contributed by atoms with van der Waals surface area (Å²) in [7, 11) is 0. The van der Waals surface area contributed by atoms with E-state index in [-0.39, 0.29) is 0 Å². The molecule has 1 unspecified atom stereocenters. The van der Waals surface area contributed by atoms with Gasteiger partial charge in [-0.25, -0.2) is 0 Å². The topological polar surface area (TPSA) is 15.3 Å². The van der Waals surface area contributed by atoms with Crippen molar-refractivity contribution in [2.45, 2.75) is 19.3 Å². The fraction of sp³-hybridized carbons (Fsp3) is 0.600. The first-order valence-corrected chi connectivity index (χ1v) is 7.83. The summed E-state index contributed by atoms with van der Waals surface area (Å²) >= 11 is 3.50. The lowest BCUT2D eigenvalue weighted by atomic mass is 9.83. The Balaban J connectivity index is 1.57. The van der Waals surface area contributed by atoms with Crippen molar-refractivity contribution >= 4 is 21.6 Å². The van der Waals surface area contributed by atoms with Crippen LogP contribution in [0.1, 0.15) is 19.3 Å². The molecule has 0 radical (unpaired) electrons. The lowest BCUT2D eigenvalue weighted by Gasteiger charge is -2.36. The molecule has 0 saturated carbocycles. The maximum absolute atomic E-state index is 3.50. The van der Waals surface area contributed by atoms with E-state index in [2.05, 4.69) is 50.4 Å². The van der Waals surface area contributed by atoms with Crippen LogP contribution in [0.15, 0.2) is 28.7 Å². The van der Waals surface area contributed by atoms with Crippen LogP contribution in [0.3, 0.4) is 0 Å². The zero-order chi connectivity index (χ0) is 12.4.